The molecule has 2 aliphatic heterocycles. The first-order valence-corrected chi connectivity index (χ1v) is 10.2. The second-order valence-electron chi connectivity index (χ2n) is 7.07. The molecule has 0 aliphatic carbocycles. The summed E-state index contributed by atoms with van der Waals surface area (Å²) in [5, 5.41) is 9.36. The van der Waals surface area contributed by atoms with Crippen LogP contribution < -0.4 is 25.4 Å². The van der Waals surface area contributed by atoms with Gasteiger partial charge in [-0.3, -0.25) is 0 Å². The molecule has 0 fully saturated rings. The summed E-state index contributed by atoms with van der Waals surface area (Å²) in [4.78, 5) is 25.3. The zero-order chi connectivity index (χ0) is 22.0. The van der Waals surface area contributed by atoms with Gasteiger partial charge in [0.15, 0.2) is 11.5 Å². The highest BCUT2D eigenvalue weighted by molar-refractivity contribution is 6.31. The van der Waals surface area contributed by atoms with Gasteiger partial charge in [0.1, 0.15) is 0 Å². The molecule has 0 radical (unpaired) electrons. The van der Waals surface area contributed by atoms with Crippen LogP contribution in [0, 0.1) is 6.92 Å². The maximum absolute atomic E-state index is 12.9. The summed E-state index contributed by atoms with van der Waals surface area (Å²) >= 11 is 6.20. The predicted molar refractivity (Wildman–Crippen MR) is 115 cm³/mol. The first-order valence-electron chi connectivity index (χ1n) is 9.83. The second kappa shape index (κ2) is 8.77. The van der Waals surface area contributed by atoms with Crippen molar-refractivity contribution in [3.63, 3.8) is 0 Å². The van der Waals surface area contributed by atoms with Crippen molar-refractivity contribution in [3.8, 4) is 11.5 Å². The van der Waals surface area contributed by atoms with E-state index in [4.69, 9.17) is 25.8 Å². The molecule has 0 bridgehead atoms. The standard InChI is InChI=1S/C22H22ClN3O5/c1-3-29-21(27)19-16(10-24-14-6-4-12(2)15(23)9-14)25-22(28)26-20(19)13-5-7-17-18(8-13)31-11-30-17/h4-9,20,24H,3,10-11H2,1-2H3,(H2,25,26,28). The minimum absolute atomic E-state index is 0.131. The van der Waals surface area contributed by atoms with Crippen molar-refractivity contribution in [2.75, 3.05) is 25.3 Å². The highest BCUT2D eigenvalue weighted by Crippen LogP contribution is 2.37. The molecular formula is C22H22ClN3O5. The summed E-state index contributed by atoms with van der Waals surface area (Å²) in [6.07, 6.45) is 0. The van der Waals surface area contributed by atoms with Crippen LogP contribution in [0.25, 0.3) is 0 Å². The van der Waals surface area contributed by atoms with Gasteiger partial charge >= 0.3 is 12.0 Å². The minimum Gasteiger partial charge on any atom is -0.463 e. The molecule has 0 aromatic heterocycles. The molecule has 2 aromatic carbocycles. The van der Waals surface area contributed by atoms with Crippen molar-refractivity contribution in [1.29, 1.82) is 0 Å². The molecule has 0 saturated heterocycles. The van der Waals surface area contributed by atoms with E-state index in [1.807, 2.05) is 19.1 Å². The number of nitrogens with one attached hydrogen (secondary N) is 3. The van der Waals surface area contributed by atoms with Gasteiger partial charge in [0.2, 0.25) is 6.79 Å². The fourth-order valence-electron chi connectivity index (χ4n) is 3.44. The average molecular weight is 444 g/mol. The number of benzene rings is 2. The Balaban J connectivity index is 1.68. The third kappa shape index (κ3) is 4.39. The summed E-state index contributed by atoms with van der Waals surface area (Å²) in [6.45, 7) is 4.18. The van der Waals surface area contributed by atoms with E-state index in [-0.39, 0.29) is 19.9 Å². The molecule has 2 amide bonds. The molecule has 2 heterocycles. The van der Waals surface area contributed by atoms with E-state index in [0.717, 1.165) is 11.3 Å². The zero-order valence-corrected chi connectivity index (χ0v) is 17.8. The number of amides is 2. The van der Waals surface area contributed by atoms with Crippen LogP contribution in [-0.4, -0.2) is 31.9 Å². The van der Waals surface area contributed by atoms with Gasteiger partial charge < -0.3 is 30.2 Å². The molecule has 9 heteroatoms. The van der Waals surface area contributed by atoms with Crippen molar-refractivity contribution in [1.82, 2.24) is 10.6 Å². The summed E-state index contributed by atoms with van der Waals surface area (Å²) < 4.78 is 16.1. The highest BCUT2D eigenvalue weighted by Gasteiger charge is 2.34. The normalized spacial score (nSPS) is 17.1. The van der Waals surface area contributed by atoms with Crippen LogP contribution >= 0.6 is 11.6 Å². The van der Waals surface area contributed by atoms with Gasteiger partial charge in [-0.15, -0.1) is 0 Å². The first kappa shape index (κ1) is 20.9. The Morgan fingerprint density at radius 1 is 1.23 bits per heavy atom. The topological polar surface area (TPSA) is 97.9 Å². The number of halogens is 1. The van der Waals surface area contributed by atoms with Crippen LogP contribution in [0.15, 0.2) is 47.7 Å². The summed E-state index contributed by atoms with van der Waals surface area (Å²) in [5.74, 6) is 0.655. The van der Waals surface area contributed by atoms with Crippen LogP contribution in [-0.2, 0) is 9.53 Å². The lowest BCUT2D eigenvalue weighted by Crippen LogP contribution is -2.47. The minimum atomic E-state index is -0.708. The van der Waals surface area contributed by atoms with Gasteiger partial charge in [-0.2, -0.15) is 0 Å². The fourth-order valence-corrected chi connectivity index (χ4v) is 3.62. The number of esters is 1. The van der Waals surface area contributed by atoms with Gasteiger partial charge in [-0.1, -0.05) is 23.7 Å². The molecule has 0 saturated carbocycles. The van der Waals surface area contributed by atoms with E-state index in [9.17, 15) is 9.59 Å². The van der Waals surface area contributed by atoms with Crippen molar-refractivity contribution >= 4 is 29.3 Å². The number of carbonyl (C=O) groups excluding carboxylic acids is 2. The molecular weight excluding hydrogens is 422 g/mol. The van der Waals surface area contributed by atoms with E-state index in [2.05, 4.69) is 16.0 Å². The lowest BCUT2D eigenvalue weighted by molar-refractivity contribution is -0.139. The van der Waals surface area contributed by atoms with Gasteiger partial charge in [-0.25, -0.2) is 9.59 Å². The molecule has 162 valence electrons. The van der Waals surface area contributed by atoms with E-state index in [1.54, 1.807) is 31.2 Å². The number of aryl methyl sites for hydroxylation is 1. The number of hydrogen-bond donors (Lipinski definition) is 3. The number of anilines is 1. The van der Waals surface area contributed by atoms with Gasteiger partial charge in [-0.05, 0) is 49.2 Å². The number of rotatable bonds is 6. The second-order valence-corrected chi connectivity index (χ2v) is 7.48. The fraction of sp³-hybridized carbons (Fsp3) is 0.273. The molecule has 1 atom stereocenters. The van der Waals surface area contributed by atoms with Gasteiger partial charge in [0.25, 0.3) is 0 Å². The highest BCUT2D eigenvalue weighted by atomic mass is 35.5. The maximum Gasteiger partial charge on any atom is 0.338 e. The molecule has 1 unspecified atom stereocenters. The third-order valence-electron chi connectivity index (χ3n) is 5.02. The van der Waals surface area contributed by atoms with E-state index in [0.29, 0.717) is 33.4 Å². The van der Waals surface area contributed by atoms with E-state index in [1.165, 1.54) is 0 Å². The predicted octanol–water partition coefficient (Wildman–Crippen LogP) is 3.66. The van der Waals surface area contributed by atoms with Crippen molar-refractivity contribution in [2.45, 2.75) is 19.9 Å². The number of fused-ring (bicyclic) bond motifs is 1. The van der Waals surface area contributed by atoms with Gasteiger partial charge in [0, 0.05) is 10.7 Å². The zero-order valence-electron chi connectivity index (χ0n) is 17.1. The van der Waals surface area contributed by atoms with Crippen molar-refractivity contribution < 1.29 is 23.8 Å². The molecule has 31 heavy (non-hydrogen) atoms. The number of urea groups is 1. The quantitative estimate of drug-likeness (QED) is 0.589. The smallest absolute Gasteiger partial charge is 0.338 e. The first-order chi connectivity index (χ1) is 15.0. The summed E-state index contributed by atoms with van der Waals surface area (Å²) in [7, 11) is 0. The SMILES string of the molecule is CCOC(=O)C1=C(CNc2ccc(C)c(Cl)c2)NC(=O)NC1c1ccc2c(c1)OCO2. The Hall–Kier alpha value is -3.39. The van der Waals surface area contributed by atoms with E-state index >= 15 is 0 Å². The summed E-state index contributed by atoms with van der Waals surface area (Å²) in [5.41, 5.74) is 3.13. The van der Waals surface area contributed by atoms with Crippen molar-refractivity contribution in [2.24, 2.45) is 0 Å². The number of ether oxygens (including phenoxy) is 3. The maximum atomic E-state index is 12.9. The number of hydrogen-bond acceptors (Lipinski definition) is 6. The Bertz CT molecular complexity index is 1070. The van der Waals surface area contributed by atoms with Crippen LogP contribution in [0.1, 0.15) is 24.1 Å². The Morgan fingerprint density at radius 2 is 2.03 bits per heavy atom. The molecule has 4 rings (SSSR count). The Morgan fingerprint density at radius 3 is 2.81 bits per heavy atom. The molecule has 8 nitrogen and oxygen atoms in total. The largest absolute Gasteiger partial charge is 0.463 e. The van der Waals surface area contributed by atoms with Crippen LogP contribution in [0.4, 0.5) is 10.5 Å². The lowest BCUT2D eigenvalue weighted by Gasteiger charge is -2.29. The lowest BCUT2D eigenvalue weighted by atomic mass is 9.94. The molecule has 2 aliphatic rings. The molecule has 2 aromatic rings. The monoisotopic (exact) mass is 443 g/mol. The average Bonchev–Trinajstić information content (AvgIpc) is 3.22. The third-order valence-corrected chi connectivity index (χ3v) is 5.43. The van der Waals surface area contributed by atoms with Crippen LogP contribution in [0.2, 0.25) is 5.02 Å². The van der Waals surface area contributed by atoms with Gasteiger partial charge in [0.05, 0.1) is 30.5 Å². The van der Waals surface area contributed by atoms with Crippen LogP contribution in [0.5, 0.6) is 11.5 Å². The van der Waals surface area contributed by atoms with Crippen LogP contribution in [0.3, 0.4) is 0 Å². The number of carbonyl (C=O) groups is 2. The summed E-state index contributed by atoms with van der Waals surface area (Å²) in [6, 6.07) is 9.72. The Labute approximate surface area is 184 Å². The van der Waals surface area contributed by atoms with Crippen molar-refractivity contribution in [3.05, 3.63) is 63.8 Å². The molecule has 0 spiro atoms. The molecule has 3 N–H and O–H groups in total. The Kier molecular flexibility index (Phi) is 5.90. The van der Waals surface area contributed by atoms with E-state index < -0.39 is 18.0 Å².